The molecule has 1 amide bonds. The summed E-state index contributed by atoms with van der Waals surface area (Å²) in [6.07, 6.45) is 0. The van der Waals surface area contributed by atoms with Crippen LogP contribution in [0.15, 0.2) is 40.9 Å². The molecule has 1 aromatic heterocycles. The summed E-state index contributed by atoms with van der Waals surface area (Å²) >= 11 is 0. The first-order valence-corrected chi connectivity index (χ1v) is 7.85. The van der Waals surface area contributed by atoms with Crippen LogP contribution in [0.25, 0.3) is 11.3 Å². The summed E-state index contributed by atoms with van der Waals surface area (Å²) < 4.78 is 10.5. The number of amides is 1. The van der Waals surface area contributed by atoms with E-state index in [9.17, 15) is 4.79 Å². The molecule has 0 aliphatic carbocycles. The van der Waals surface area contributed by atoms with E-state index >= 15 is 0 Å². The Morgan fingerprint density at radius 3 is 2.78 bits per heavy atom. The third-order valence-electron chi connectivity index (χ3n) is 3.82. The Balaban J connectivity index is 1.56. The Kier molecular flexibility index (Phi) is 5.05. The van der Waals surface area contributed by atoms with Gasteiger partial charge in [-0.3, -0.25) is 9.69 Å². The first kappa shape index (κ1) is 15.7. The maximum Gasteiger partial charge on any atom is 0.290 e. The van der Waals surface area contributed by atoms with E-state index in [1.165, 1.54) is 0 Å². The molecule has 0 saturated carbocycles. The zero-order valence-electron chi connectivity index (χ0n) is 13.2. The highest BCUT2D eigenvalue weighted by Gasteiger charge is 2.18. The van der Waals surface area contributed by atoms with Crippen molar-refractivity contribution in [2.45, 2.75) is 13.0 Å². The molecule has 1 aliphatic rings. The lowest BCUT2D eigenvalue weighted by molar-refractivity contribution is 0.0341. The summed E-state index contributed by atoms with van der Waals surface area (Å²) in [6, 6.07) is 11.4. The molecule has 1 atom stereocenters. The number of carbonyl (C=O) groups is 1. The van der Waals surface area contributed by atoms with Crippen molar-refractivity contribution in [1.29, 1.82) is 0 Å². The summed E-state index contributed by atoms with van der Waals surface area (Å²) in [6.45, 7) is 6.10. The van der Waals surface area contributed by atoms with Crippen molar-refractivity contribution in [3.8, 4) is 11.3 Å². The fraction of sp³-hybridized carbons (Fsp3) is 0.412. The van der Waals surface area contributed by atoms with E-state index in [1.807, 2.05) is 37.3 Å². The average Bonchev–Trinajstić information content (AvgIpc) is 3.06. The lowest BCUT2D eigenvalue weighted by Gasteiger charge is -2.29. The number of aromatic nitrogens is 1. The summed E-state index contributed by atoms with van der Waals surface area (Å²) in [5.74, 6) is -0.00174. The molecule has 0 spiro atoms. The minimum absolute atomic E-state index is 0.0332. The van der Waals surface area contributed by atoms with Gasteiger partial charge in [-0.05, 0) is 6.92 Å². The summed E-state index contributed by atoms with van der Waals surface area (Å²) in [5.41, 5.74) is 1.59. The predicted octanol–water partition coefficient (Wildman–Crippen LogP) is 1.79. The minimum Gasteiger partial charge on any atom is -0.379 e. The SMILES string of the molecule is C[C@H](CN1CCOCC1)NC(=O)c1cc(-c2ccccc2)no1. The van der Waals surface area contributed by atoms with Gasteiger partial charge in [-0.2, -0.15) is 0 Å². The van der Waals surface area contributed by atoms with E-state index in [0.29, 0.717) is 5.69 Å². The first-order valence-electron chi connectivity index (χ1n) is 7.85. The molecular weight excluding hydrogens is 294 g/mol. The van der Waals surface area contributed by atoms with Crippen molar-refractivity contribution in [1.82, 2.24) is 15.4 Å². The van der Waals surface area contributed by atoms with E-state index in [4.69, 9.17) is 9.26 Å². The summed E-state index contributed by atoms with van der Waals surface area (Å²) in [5, 5.41) is 6.92. The molecule has 2 aromatic rings. The van der Waals surface area contributed by atoms with E-state index in [2.05, 4.69) is 15.4 Å². The highest BCUT2D eigenvalue weighted by Crippen LogP contribution is 2.18. The van der Waals surface area contributed by atoms with Gasteiger partial charge in [0, 0.05) is 37.3 Å². The molecule has 0 radical (unpaired) electrons. The lowest BCUT2D eigenvalue weighted by Crippen LogP contribution is -2.45. The normalized spacial score (nSPS) is 16.9. The molecule has 0 bridgehead atoms. The second-order valence-corrected chi connectivity index (χ2v) is 5.73. The van der Waals surface area contributed by atoms with Crippen molar-refractivity contribution in [2.24, 2.45) is 0 Å². The molecule has 1 saturated heterocycles. The molecule has 6 heteroatoms. The van der Waals surface area contributed by atoms with Crippen LogP contribution in [-0.4, -0.2) is 54.9 Å². The number of nitrogens with one attached hydrogen (secondary N) is 1. The van der Waals surface area contributed by atoms with E-state index < -0.39 is 0 Å². The minimum atomic E-state index is -0.236. The highest BCUT2D eigenvalue weighted by atomic mass is 16.5. The van der Waals surface area contributed by atoms with Crippen LogP contribution >= 0.6 is 0 Å². The Hall–Kier alpha value is -2.18. The van der Waals surface area contributed by atoms with Gasteiger partial charge in [0.2, 0.25) is 5.76 Å². The predicted molar refractivity (Wildman–Crippen MR) is 86.1 cm³/mol. The number of hydrogen-bond acceptors (Lipinski definition) is 5. The number of ether oxygens (including phenoxy) is 1. The molecule has 1 aromatic carbocycles. The van der Waals surface area contributed by atoms with Gasteiger partial charge >= 0.3 is 0 Å². The van der Waals surface area contributed by atoms with E-state index in [1.54, 1.807) is 6.07 Å². The van der Waals surface area contributed by atoms with Crippen LogP contribution in [-0.2, 0) is 4.74 Å². The van der Waals surface area contributed by atoms with Crippen LogP contribution in [0.5, 0.6) is 0 Å². The third kappa shape index (κ3) is 4.18. The maximum atomic E-state index is 12.3. The number of rotatable bonds is 5. The quantitative estimate of drug-likeness (QED) is 0.911. The second kappa shape index (κ2) is 7.39. The Morgan fingerprint density at radius 1 is 1.30 bits per heavy atom. The van der Waals surface area contributed by atoms with Crippen LogP contribution < -0.4 is 5.32 Å². The third-order valence-corrected chi connectivity index (χ3v) is 3.82. The number of morpholine rings is 1. The Morgan fingerprint density at radius 2 is 2.04 bits per heavy atom. The highest BCUT2D eigenvalue weighted by molar-refractivity contribution is 5.92. The van der Waals surface area contributed by atoms with Crippen molar-refractivity contribution < 1.29 is 14.1 Å². The molecule has 2 heterocycles. The maximum absolute atomic E-state index is 12.3. The van der Waals surface area contributed by atoms with E-state index in [0.717, 1.165) is 38.4 Å². The average molecular weight is 315 g/mol. The van der Waals surface area contributed by atoms with Gasteiger partial charge in [0.05, 0.1) is 13.2 Å². The fourth-order valence-electron chi connectivity index (χ4n) is 2.64. The lowest BCUT2D eigenvalue weighted by atomic mass is 10.1. The summed E-state index contributed by atoms with van der Waals surface area (Å²) in [7, 11) is 0. The largest absolute Gasteiger partial charge is 0.379 e. The number of hydrogen-bond donors (Lipinski definition) is 1. The number of benzene rings is 1. The van der Waals surface area contributed by atoms with Crippen molar-refractivity contribution in [2.75, 3.05) is 32.8 Å². The molecule has 1 N–H and O–H groups in total. The molecular formula is C17H21N3O3. The Labute approximate surface area is 135 Å². The molecule has 23 heavy (non-hydrogen) atoms. The van der Waals surface area contributed by atoms with Gasteiger partial charge in [0.25, 0.3) is 5.91 Å². The van der Waals surface area contributed by atoms with Crippen molar-refractivity contribution in [3.05, 3.63) is 42.2 Å². The van der Waals surface area contributed by atoms with Crippen LogP contribution in [0.4, 0.5) is 0 Å². The zero-order chi connectivity index (χ0) is 16.1. The molecule has 1 fully saturated rings. The molecule has 0 unspecified atom stereocenters. The second-order valence-electron chi connectivity index (χ2n) is 5.73. The standard InChI is InChI=1S/C17H21N3O3/c1-13(12-20-7-9-22-10-8-20)18-17(21)16-11-15(19-23-16)14-5-3-2-4-6-14/h2-6,11,13H,7-10,12H2,1H3,(H,18,21)/t13-/m1/s1. The van der Waals surface area contributed by atoms with Gasteiger partial charge in [0.15, 0.2) is 0 Å². The smallest absolute Gasteiger partial charge is 0.290 e. The van der Waals surface area contributed by atoms with E-state index in [-0.39, 0.29) is 17.7 Å². The van der Waals surface area contributed by atoms with Crippen LogP contribution in [0.3, 0.4) is 0 Å². The first-order chi connectivity index (χ1) is 11.2. The van der Waals surface area contributed by atoms with Gasteiger partial charge in [-0.15, -0.1) is 0 Å². The van der Waals surface area contributed by atoms with Crippen LogP contribution in [0, 0.1) is 0 Å². The molecule has 122 valence electrons. The fourth-order valence-corrected chi connectivity index (χ4v) is 2.64. The van der Waals surface area contributed by atoms with Crippen LogP contribution in [0.1, 0.15) is 17.5 Å². The Bertz CT molecular complexity index is 636. The molecule has 3 rings (SSSR count). The van der Waals surface area contributed by atoms with Gasteiger partial charge in [-0.1, -0.05) is 35.5 Å². The zero-order valence-corrected chi connectivity index (χ0v) is 13.2. The monoisotopic (exact) mass is 315 g/mol. The van der Waals surface area contributed by atoms with Crippen molar-refractivity contribution >= 4 is 5.91 Å². The van der Waals surface area contributed by atoms with Gasteiger partial charge in [0.1, 0.15) is 5.69 Å². The number of carbonyl (C=O) groups excluding carboxylic acids is 1. The number of nitrogens with zero attached hydrogens (tertiary/aromatic N) is 2. The topological polar surface area (TPSA) is 67.6 Å². The van der Waals surface area contributed by atoms with Crippen molar-refractivity contribution in [3.63, 3.8) is 0 Å². The van der Waals surface area contributed by atoms with Crippen LogP contribution in [0.2, 0.25) is 0 Å². The van der Waals surface area contributed by atoms with Gasteiger partial charge in [-0.25, -0.2) is 0 Å². The molecule has 1 aliphatic heterocycles. The van der Waals surface area contributed by atoms with Gasteiger partial charge < -0.3 is 14.6 Å². The molecule has 6 nitrogen and oxygen atoms in total. The summed E-state index contributed by atoms with van der Waals surface area (Å²) in [4.78, 5) is 14.5.